The maximum atomic E-state index is 11.5. The first kappa shape index (κ1) is 14.2. The fourth-order valence-electron chi connectivity index (χ4n) is 2.29. The number of amides is 1. The van der Waals surface area contributed by atoms with Gasteiger partial charge in [-0.15, -0.1) is 0 Å². The molecule has 1 aliphatic rings. The van der Waals surface area contributed by atoms with E-state index >= 15 is 0 Å². The molecule has 98 valence electrons. The Bertz CT molecular complexity index is 271. The van der Waals surface area contributed by atoms with E-state index in [2.05, 4.69) is 25.3 Å². The van der Waals surface area contributed by atoms with Crippen LogP contribution in [0.2, 0.25) is 0 Å². The molecule has 1 saturated heterocycles. The van der Waals surface area contributed by atoms with Crippen LogP contribution in [0.1, 0.15) is 13.8 Å². The number of nitrogens with zero attached hydrogens (tertiary/aromatic N) is 2. The highest BCUT2D eigenvalue weighted by Crippen LogP contribution is 2.19. The Kier molecular flexibility index (Phi) is 5.15. The highest BCUT2D eigenvalue weighted by molar-refractivity contribution is 5.86. The number of carbonyl (C=O) groups is 1. The number of hydrogen-bond donors (Lipinski definition) is 0. The SMILES string of the molecule is C=CC(=O)N(C)CC(C)(C)CN1CCOCC1. The number of likely N-dealkylation sites (N-methyl/N-ethyl adjacent to an activating group) is 1. The van der Waals surface area contributed by atoms with Gasteiger partial charge in [0.2, 0.25) is 5.91 Å². The van der Waals surface area contributed by atoms with Crippen molar-refractivity contribution in [3.05, 3.63) is 12.7 Å². The fourth-order valence-corrected chi connectivity index (χ4v) is 2.29. The van der Waals surface area contributed by atoms with E-state index in [1.54, 1.807) is 4.90 Å². The van der Waals surface area contributed by atoms with Crippen LogP contribution in [-0.2, 0) is 9.53 Å². The third-order valence-electron chi connectivity index (χ3n) is 2.97. The standard InChI is InChI=1S/C13H24N2O2/c1-5-12(16)14(4)10-13(2,3)11-15-6-8-17-9-7-15/h5H,1,6-11H2,2-4H3. The van der Waals surface area contributed by atoms with Crippen molar-refractivity contribution >= 4 is 5.91 Å². The minimum absolute atomic E-state index is 0.0138. The Hall–Kier alpha value is -0.870. The molecule has 17 heavy (non-hydrogen) atoms. The Morgan fingerprint density at radius 1 is 1.47 bits per heavy atom. The van der Waals surface area contributed by atoms with Gasteiger partial charge in [-0.1, -0.05) is 20.4 Å². The molecule has 0 aliphatic carbocycles. The monoisotopic (exact) mass is 240 g/mol. The molecule has 1 fully saturated rings. The molecule has 0 unspecified atom stereocenters. The minimum Gasteiger partial charge on any atom is -0.379 e. The van der Waals surface area contributed by atoms with E-state index in [0.717, 1.165) is 39.4 Å². The maximum absolute atomic E-state index is 11.5. The second-order valence-electron chi connectivity index (χ2n) is 5.45. The van der Waals surface area contributed by atoms with E-state index in [1.165, 1.54) is 6.08 Å². The maximum Gasteiger partial charge on any atom is 0.245 e. The second kappa shape index (κ2) is 6.17. The van der Waals surface area contributed by atoms with Gasteiger partial charge in [0.25, 0.3) is 0 Å². The van der Waals surface area contributed by atoms with Crippen molar-refractivity contribution in [1.29, 1.82) is 0 Å². The summed E-state index contributed by atoms with van der Waals surface area (Å²) in [5.74, 6) is -0.0138. The molecular formula is C13H24N2O2. The average molecular weight is 240 g/mol. The lowest BCUT2D eigenvalue weighted by Gasteiger charge is -2.36. The molecule has 0 aromatic heterocycles. The van der Waals surface area contributed by atoms with Crippen LogP contribution in [-0.4, -0.2) is 62.1 Å². The zero-order valence-corrected chi connectivity index (χ0v) is 11.2. The molecule has 1 heterocycles. The molecule has 4 nitrogen and oxygen atoms in total. The number of morpholine rings is 1. The van der Waals surface area contributed by atoms with Gasteiger partial charge >= 0.3 is 0 Å². The highest BCUT2D eigenvalue weighted by atomic mass is 16.5. The third-order valence-corrected chi connectivity index (χ3v) is 2.97. The molecule has 1 aliphatic heterocycles. The van der Waals surface area contributed by atoms with Crippen molar-refractivity contribution in [2.24, 2.45) is 5.41 Å². The van der Waals surface area contributed by atoms with Crippen LogP contribution < -0.4 is 0 Å². The van der Waals surface area contributed by atoms with Gasteiger partial charge in [0.15, 0.2) is 0 Å². The molecule has 4 heteroatoms. The van der Waals surface area contributed by atoms with E-state index in [9.17, 15) is 4.79 Å². The first-order chi connectivity index (χ1) is 7.94. The molecule has 0 radical (unpaired) electrons. The van der Waals surface area contributed by atoms with Crippen LogP contribution in [0.4, 0.5) is 0 Å². The highest BCUT2D eigenvalue weighted by Gasteiger charge is 2.25. The van der Waals surface area contributed by atoms with Crippen molar-refractivity contribution < 1.29 is 9.53 Å². The Morgan fingerprint density at radius 3 is 2.59 bits per heavy atom. The average Bonchev–Trinajstić information content (AvgIpc) is 2.27. The lowest BCUT2D eigenvalue weighted by atomic mass is 9.92. The summed E-state index contributed by atoms with van der Waals surface area (Å²) in [6, 6.07) is 0. The van der Waals surface area contributed by atoms with Crippen LogP contribution in [0, 0.1) is 5.41 Å². The predicted octanol–water partition coefficient (Wildman–Crippen LogP) is 0.989. The zero-order chi connectivity index (χ0) is 12.9. The van der Waals surface area contributed by atoms with Crippen LogP contribution in [0.25, 0.3) is 0 Å². The second-order valence-corrected chi connectivity index (χ2v) is 5.45. The summed E-state index contributed by atoms with van der Waals surface area (Å²) in [6.45, 7) is 13.2. The molecule has 0 atom stereocenters. The Balaban J connectivity index is 2.43. The normalized spacial score (nSPS) is 17.8. The van der Waals surface area contributed by atoms with Gasteiger partial charge in [0.05, 0.1) is 13.2 Å². The summed E-state index contributed by atoms with van der Waals surface area (Å²) < 4.78 is 5.33. The number of rotatable bonds is 5. The van der Waals surface area contributed by atoms with Gasteiger partial charge in [-0.3, -0.25) is 9.69 Å². The van der Waals surface area contributed by atoms with Gasteiger partial charge in [-0.25, -0.2) is 0 Å². The topological polar surface area (TPSA) is 32.8 Å². The van der Waals surface area contributed by atoms with Crippen molar-refractivity contribution in [3.63, 3.8) is 0 Å². The number of hydrogen-bond acceptors (Lipinski definition) is 3. The number of carbonyl (C=O) groups excluding carboxylic acids is 1. The summed E-state index contributed by atoms with van der Waals surface area (Å²) in [5.41, 5.74) is 0.0881. The van der Waals surface area contributed by atoms with Gasteiger partial charge in [-0.05, 0) is 11.5 Å². The largest absolute Gasteiger partial charge is 0.379 e. The van der Waals surface area contributed by atoms with Gasteiger partial charge in [0.1, 0.15) is 0 Å². The summed E-state index contributed by atoms with van der Waals surface area (Å²) in [7, 11) is 1.82. The first-order valence-corrected chi connectivity index (χ1v) is 6.12. The zero-order valence-electron chi connectivity index (χ0n) is 11.2. The number of ether oxygens (including phenoxy) is 1. The first-order valence-electron chi connectivity index (χ1n) is 6.12. The predicted molar refractivity (Wildman–Crippen MR) is 68.9 cm³/mol. The van der Waals surface area contributed by atoms with Crippen molar-refractivity contribution in [3.8, 4) is 0 Å². The van der Waals surface area contributed by atoms with Crippen LogP contribution in [0.5, 0.6) is 0 Å². The van der Waals surface area contributed by atoms with Crippen LogP contribution >= 0.6 is 0 Å². The van der Waals surface area contributed by atoms with Crippen molar-refractivity contribution in [2.75, 3.05) is 46.4 Å². The summed E-state index contributed by atoms with van der Waals surface area (Å²) in [6.07, 6.45) is 1.37. The molecule has 1 amide bonds. The van der Waals surface area contributed by atoms with E-state index < -0.39 is 0 Å². The molecule has 0 N–H and O–H groups in total. The summed E-state index contributed by atoms with van der Waals surface area (Å²) in [5, 5.41) is 0. The quantitative estimate of drug-likeness (QED) is 0.672. The fraction of sp³-hybridized carbons (Fsp3) is 0.769. The lowest BCUT2D eigenvalue weighted by Crippen LogP contribution is -2.46. The van der Waals surface area contributed by atoms with E-state index in [0.29, 0.717) is 0 Å². The Labute approximate surface area is 104 Å². The van der Waals surface area contributed by atoms with E-state index in [1.807, 2.05) is 7.05 Å². The smallest absolute Gasteiger partial charge is 0.245 e. The molecule has 0 aromatic rings. The molecular weight excluding hydrogens is 216 g/mol. The molecule has 0 aromatic carbocycles. The van der Waals surface area contributed by atoms with Gasteiger partial charge < -0.3 is 9.64 Å². The molecule has 0 spiro atoms. The third kappa shape index (κ3) is 4.88. The van der Waals surface area contributed by atoms with Gasteiger partial charge in [0, 0.05) is 33.2 Å². The van der Waals surface area contributed by atoms with Crippen molar-refractivity contribution in [1.82, 2.24) is 9.80 Å². The molecule has 0 saturated carbocycles. The summed E-state index contributed by atoms with van der Waals surface area (Å²) >= 11 is 0. The van der Waals surface area contributed by atoms with Crippen molar-refractivity contribution in [2.45, 2.75) is 13.8 Å². The minimum atomic E-state index is -0.0138. The van der Waals surface area contributed by atoms with E-state index in [4.69, 9.17) is 4.74 Å². The molecule has 0 bridgehead atoms. The summed E-state index contributed by atoms with van der Waals surface area (Å²) in [4.78, 5) is 15.6. The van der Waals surface area contributed by atoms with E-state index in [-0.39, 0.29) is 11.3 Å². The lowest BCUT2D eigenvalue weighted by molar-refractivity contribution is -0.126. The molecule has 1 rings (SSSR count). The van der Waals surface area contributed by atoms with Crippen LogP contribution in [0.3, 0.4) is 0 Å². The Morgan fingerprint density at radius 2 is 2.06 bits per heavy atom. The van der Waals surface area contributed by atoms with Crippen LogP contribution in [0.15, 0.2) is 12.7 Å². The van der Waals surface area contributed by atoms with Gasteiger partial charge in [-0.2, -0.15) is 0 Å².